The van der Waals surface area contributed by atoms with Crippen molar-refractivity contribution in [1.82, 2.24) is 24.9 Å². The van der Waals surface area contributed by atoms with Crippen LogP contribution in [0.1, 0.15) is 22.1 Å². The monoisotopic (exact) mass is 383 g/mol. The Labute approximate surface area is 150 Å². The number of hydrogen-bond donors (Lipinski definition) is 0. The Morgan fingerprint density at radius 1 is 1.35 bits per heavy atom. The second-order valence-electron chi connectivity index (χ2n) is 5.25. The molecule has 3 aromatic rings. The van der Waals surface area contributed by atoms with Gasteiger partial charge in [0.15, 0.2) is 11.6 Å². The van der Waals surface area contributed by atoms with Crippen LogP contribution in [0.25, 0.3) is 11.4 Å². The molecule has 1 aromatic carbocycles. The molecule has 2 heterocycles. The first-order valence-corrected chi connectivity index (χ1v) is 7.67. The van der Waals surface area contributed by atoms with E-state index in [-0.39, 0.29) is 24.8 Å². The van der Waals surface area contributed by atoms with Crippen molar-refractivity contribution in [2.75, 3.05) is 6.61 Å². The SMILES string of the molecule is Cn1cnc(COCC(=O)c2ccc(-c3noc(C(F)(F)Cl)n3)cc2)n1. The molecule has 0 saturated carbocycles. The average molecular weight is 384 g/mol. The van der Waals surface area contributed by atoms with Crippen molar-refractivity contribution < 1.29 is 22.8 Å². The maximum absolute atomic E-state index is 12.9. The number of carbonyl (C=O) groups is 1. The predicted molar refractivity (Wildman–Crippen MR) is 84.5 cm³/mol. The minimum absolute atomic E-state index is 0.0585. The number of nitrogens with zero attached hydrogens (tertiary/aromatic N) is 5. The number of benzene rings is 1. The summed E-state index contributed by atoms with van der Waals surface area (Å²) >= 11 is 4.82. The van der Waals surface area contributed by atoms with E-state index in [9.17, 15) is 13.6 Å². The molecule has 8 nitrogen and oxygen atoms in total. The molecule has 0 radical (unpaired) electrons. The Balaban J connectivity index is 1.60. The Hall–Kier alpha value is -2.72. The van der Waals surface area contributed by atoms with Crippen molar-refractivity contribution in [2.45, 2.75) is 12.0 Å². The highest BCUT2D eigenvalue weighted by atomic mass is 35.5. The summed E-state index contributed by atoms with van der Waals surface area (Å²) in [5, 5.41) is 3.73. The molecule has 26 heavy (non-hydrogen) atoms. The van der Waals surface area contributed by atoms with Gasteiger partial charge < -0.3 is 9.26 Å². The van der Waals surface area contributed by atoms with Crippen molar-refractivity contribution >= 4 is 17.4 Å². The van der Waals surface area contributed by atoms with Gasteiger partial charge >= 0.3 is 11.3 Å². The first kappa shape index (κ1) is 18.1. The number of halogens is 3. The summed E-state index contributed by atoms with van der Waals surface area (Å²) in [6.45, 7) is -0.0363. The Bertz CT molecular complexity index is 905. The molecule has 0 saturated heterocycles. The number of carbonyl (C=O) groups excluding carboxylic acids is 1. The summed E-state index contributed by atoms with van der Waals surface area (Å²) in [5.41, 5.74) is 0.783. The van der Waals surface area contributed by atoms with Gasteiger partial charge in [0, 0.05) is 18.2 Å². The number of rotatable bonds is 7. The quantitative estimate of drug-likeness (QED) is 0.457. The number of hydrogen-bond acceptors (Lipinski definition) is 7. The van der Waals surface area contributed by atoms with Crippen LogP contribution >= 0.6 is 11.6 Å². The summed E-state index contributed by atoms with van der Waals surface area (Å²) in [6.07, 6.45) is 1.53. The van der Waals surface area contributed by atoms with Crippen LogP contribution in [-0.4, -0.2) is 37.3 Å². The Morgan fingerprint density at radius 3 is 2.65 bits per heavy atom. The smallest absolute Gasteiger partial charge is 0.365 e. The molecule has 0 spiro atoms. The topological polar surface area (TPSA) is 95.9 Å². The zero-order valence-electron chi connectivity index (χ0n) is 13.4. The van der Waals surface area contributed by atoms with E-state index in [1.807, 2.05) is 0 Å². The Morgan fingerprint density at radius 2 is 2.08 bits per heavy atom. The molecule has 0 amide bonds. The summed E-state index contributed by atoms with van der Waals surface area (Å²) < 4.78 is 37.0. The third-order valence-corrected chi connectivity index (χ3v) is 3.41. The van der Waals surface area contributed by atoms with E-state index < -0.39 is 11.3 Å². The van der Waals surface area contributed by atoms with Gasteiger partial charge in [-0.25, -0.2) is 4.98 Å². The van der Waals surface area contributed by atoms with Crippen LogP contribution < -0.4 is 0 Å². The molecule has 0 fully saturated rings. The van der Waals surface area contributed by atoms with Gasteiger partial charge in [0.25, 0.3) is 0 Å². The van der Waals surface area contributed by atoms with Crippen molar-refractivity contribution in [2.24, 2.45) is 7.05 Å². The average Bonchev–Trinajstić information content (AvgIpc) is 3.24. The van der Waals surface area contributed by atoms with Crippen molar-refractivity contribution in [1.29, 1.82) is 0 Å². The fourth-order valence-electron chi connectivity index (χ4n) is 2.03. The van der Waals surface area contributed by atoms with Crippen molar-refractivity contribution in [3.8, 4) is 11.4 Å². The van der Waals surface area contributed by atoms with Gasteiger partial charge in [-0.3, -0.25) is 9.48 Å². The molecule has 0 unspecified atom stereocenters. The van der Waals surface area contributed by atoms with E-state index in [2.05, 4.69) is 24.7 Å². The van der Waals surface area contributed by atoms with Crippen LogP contribution in [0.15, 0.2) is 35.1 Å². The highest BCUT2D eigenvalue weighted by Gasteiger charge is 2.35. The molecule has 0 N–H and O–H groups in total. The number of alkyl halides is 3. The normalized spacial score (nSPS) is 11.7. The molecule has 136 valence electrons. The number of ketones is 1. The highest BCUT2D eigenvalue weighted by Crippen LogP contribution is 2.32. The van der Waals surface area contributed by atoms with E-state index in [4.69, 9.17) is 16.3 Å². The standard InChI is InChI=1S/C15H12ClF2N5O3/c1-23-8-19-12(21-23)7-25-6-11(24)9-2-4-10(5-3-9)13-20-14(26-22-13)15(16,17)18/h2-5,8H,6-7H2,1H3. The summed E-state index contributed by atoms with van der Waals surface area (Å²) in [4.78, 5) is 19.6. The largest absolute Gasteiger partial charge is 0.400 e. The molecule has 0 aliphatic heterocycles. The van der Waals surface area contributed by atoms with Crippen molar-refractivity contribution in [3.63, 3.8) is 0 Å². The number of aromatic nitrogens is 5. The van der Waals surface area contributed by atoms with Gasteiger partial charge in [0.2, 0.25) is 5.82 Å². The van der Waals surface area contributed by atoms with E-state index in [1.54, 1.807) is 7.05 Å². The summed E-state index contributed by atoms with van der Waals surface area (Å²) in [7, 11) is 1.73. The molecule has 0 bridgehead atoms. The Kier molecular flexibility index (Phi) is 5.05. The van der Waals surface area contributed by atoms with Crippen molar-refractivity contribution in [3.05, 3.63) is 47.9 Å². The van der Waals surface area contributed by atoms with E-state index in [0.29, 0.717) is 17.0 Å². The second-order valence-corrected chi connectivity index (χ2v) is 5.72. The lowest BCUT2D eigenvalue weighted by Crippen LogP contribution is -2.09. The minimum Gasteiger partial charge on any atom is -0.365 e. The van der Waals surface area contributed by atoms with Crippen LogP contribution in [0.4, 0.5) is 8.78 Å². The lowest BCUT2D eigenvalue weighted by molar-refractivity contribution is 0.0550. The fourth-order valence-corrected chi connectivity index (χ4v) is 2.11. The van der Waals surface area contributed by atoms with E-state index >= 15 is 0 Å². The number of Topliss-reactive ketones (excluding diaryl/α,β-unsaturated/α-hetero) is 1. The van der Waals surface area contributed by atoms with Gasteiger partial charge in [0.05, 0.1) is 0 Å². The first-order chi connectivity index (χ1) is 12.3. The fraction of sp³-hybridized carbons (Fsp3) is 0.267. The third kappa shape index (κ3) is 4.27. The highest BCUT2D eigenvalue weighted by molar-refractivity contribution is 6.21. The lowest BCUT2D eigenvalue weighted by Gasteiger charge is -2.02. The van der Waals surface area contributed by atoms with Gasteiger partial charge in [-0.05, 0) is 11.6 Å². The van der Waals surface area contributed by atoms with E-state index in [1.165, 1.54) is 35.3 Å². The molecular formula is C15H12ClF2N5O3. The van der Waals surface area contributed by atoms with Gasteiger partial charge in [-0.2, -0.15) is 18.9 Å². The van der Waals surface area contributed by atoms with Gasteiger partial charge in [-0.15, -0.1) is 0 Å². The first-order valence-electron chi connectivity index (χ1n) is 7.30. The number of aryl methyl sites for hydroxylation is 1. The van der Waals surface area contributed by atoms with Gasteiger partial charge in [-0.1, -0.05) is 29.4 Å². The maximum atomic E-state index is 12.9. The van der Waals surface area contributed by atoms with Crippen LogP contribution in [0.5, 0.6) is 0 Å². The van der Waals surface area contributed by atoms with E-state index in [0.717, 1.165) is 0 Å². The van der Waals surface area contributed by atoms with Gasteiger partial charge in [0.1, 0.15) is 19.5 Å². The zero-order valence-corrected chi connectivity index (χ0v) is 14.2. The zero-order chi connectivity index (χ0) is 18.7. The predicted octanol–water partition coefficient (Wildman–Crippen LogP) is 2.55. The van der Waals surface area contributed by atoms with Crippen LogP contribution in [0, 0.1) is 0 Å². The van der Waals surface area contributed by atoms with Crippen LogP contribution in [0.2, 0.25) is 0 Å². The molecule has 3 rings (SSSR count). The molecule has 0 aliphatic carbocycles. The lowest BCUT2D eigenvalue weighted by atomic mass is 10.1. The van der Waals surface area contributed by atoms with Crippen LogP contribution in [0.3, 0.4) is 0 Å². The number of ether oxygens (including phenoxy) is 1. The summed E-state index contributed by atoms with van der Waals surface area (Å²) in [6, 6.07) is 6.03. The molecule has 2 aromatic heterocycles. The molecule has 0 aliphatic rings. The minimum atomic E-state index is -3.74. The molecule has 11 heteroatoms. The maximum Gasteiger partial charge on any atom is 0.400 e. The second kappa shape index (κ2) is 7.26. The van der Waals surface area contributed by atoms with Crippen LogP contribution in [-0.2, 0) is 23.8 Å². The molecule has 0 atom stereocenters. The summed E-state index contributed by atoms with van der Waals surface area (Å²) in [5.74, 6) is -0.837. The third-order valence-electron chi connectivity index (χ3n) is 3.24. The molecular weight excluding hydrogens is 372 g/mol.